The Kier molecular flexibility index (Phi) is 5.03. The van der Waals surface area contributed by atoms with Crippen molar-refractivity contribution < 1.29 is 9.90 Å². The van der Waals surface area contributed by atoms with Gasteiger partial charge < -0.3 is 15.0 Å². The first-order valence-electron chi connectivity index (χ1n) is 7.67. The Labute approximate surface area is 130 Å². The van der Waals surface area contributed by atoms with Gasteiger partial charge in [0.15, 0.2) is 0 Å². The zero-order valence-electron chi connectivity index (χ0n) is 13.8. The number of aromatic nitrogens is 1. The van der Waals surface area contributed by atoms with Crippen LogP contribution in [0.3, 0.4) is 0 Å². The number of H-pyrrole nitrogens is 1. The van der Waals surface area contributed by atoms with Gasteiger partial charge in [0.1, 0.15) is 5.56 Å². The van der Waals surface area contributed by atoms with Crippen LogP contribution >= 0.6 is 0 Å². The molecular formula is C16H25N3O3. The zero-order valence-corrected chi connectivity index (χ0v) is 13.8. The molecule has 1 aromatic heterocycles. The van der Waals surface area contributed by atoms with Crippen LogP contribution in [0, 0.1) is 20.8 Å². The van der Waals surface area contributed by atoms with Gasteiger partial charge in [-0.2, -0.15) is 0 Å². The van der Waals surface area contributed by atoms with E-state index in [0.717, 1.165) is 23.4 Å². The highest BCUT2D eigenvalue weighted by atomic mass is 16.3. The molecule has 0 aromatic carbocycles. The summed E-state index contributed by atoms with van der Waals surface area (Å²) in [4.78, 5) is 31.6. The lowest BCUT2D eigenvalue weighted by Crippen LogP contribution is -2.54. The van der Waals surface area contributed by atoms with Crippen LogP contribution in [0.15, 0.2) is 4.79 Å². The summed E-state index contributed by atoms with van der Waals surface area (Å²) in [7, 11) is 2.00. The summed E-state index contributed by atoms with van der Waals surface area (Å²) in [6.45, 7) is 7.57. The summed E-state index contributed by atoms with van der Waals surface area (Å²) in [6, 6.07) is 0.133. The Morgan fingerprint density at radius 3 is 2.59 bits per heavy atom. The summed E-state index contributed by atoms with van der Waals surface area (Å²) in [6.07, 6.45) is 0.628. The average Bonchev–Trinajstić information content (AvgIpc) is 2.47. The van der Waals surface area contributed by atoms with E-state index in [1.54, 1.807) is 4.90 Å². The van der Waals surface area contributed by atoms with E-state index in [0.29, 0.717) is 19.5 Å². The number of nitrogens with one attached hydrogen (secondary N) is 1. The molecule has 0 unspecified atom stereocenters. The summed E-state index contributed by atoms with van der Waals surface area (Å²) < 4.78 is 0. The van der Waals surface area contributed by atoms with Gasteiger partial charge in [-0.15, -0.1) is 0 Å². The van der Waals surface area contributed by atoms with Gasteiger partial charge in [-0.05, 0) is 45.4 Å². The first-order valence-corrected chi connectivity index (χ1v) is 7.67. The van der Waals surface area contributed by atoms with Gasteiger partial charge in [0.05, 0.1) is 0 Å². The van der Waals surface area contributed by atoms with Crippen molar-refractivity contribution in [2.45, 2.75) is 33.2 Å². The minimum absolute atomic E-state index is 0.0975. The van der Waals surface area contributed by atoms with Crippen LogP contribution in [0.4, 0.5) is 0 Å². The van der Waals surface area contributed by atoms with Crippen molar-refractivity contribution in [3.63, 3.8) is 0 Å². The number of aryl methyl sites for hydroxylation is 1. The molecule has 0 radical (unpaired) electrons. The molecule has 0 saturated carbocycles. The summed E-state index contributed by atoms with van der Waals surface area (Å²) in [5.74, 6) is -0.210. The topological polar surface area (TPSA) is 76.6 Å². The highest BCUT2D eigenvalue weighted by molar-refractivity contribution is 5.95. The van der Waals surface area contributed by atoms with E-state index in [9.17, 15) is 9.59 Å². The largest absolute Gasteiger partial charge is 0.396 e. The Morgan fingerprint density at radius 1 is 1.27 bits per heavy atom. The van der Waals surface area contributed by atoms with Crippen LogP contribution in [0.5, 0.6) is 0 Å². The summed E-state index contributed by atoms with van der Waals surface area (Å²) in [5, 5.41) is 9.15. The Balaban J connectivity index is 2.29. The lowest BCUT2D eigenvalue weighted by molar-refractivity contribution is 0.0498. The number of nitrogens with zero attached hydrogens (tertiary/aromatic N) is 2. The molecule has 22 heavy (non-hydrogen) atoms. The van der Waals surface area contributed by atoms with Gasteiger partial charge in [0, 0.05) is 38.0 Å². The van der Waals surface area contributed by atoms with Crippen molar-refractivity contribution in [2.24, 2.45) is 0 Å². The number of amides is 1. The second-order valence-corrected chi connectivity index (χ2v) is 6.10. The summed E-state index contributed by atoms with van der Waals surface area (Å²) in [5.41, 5.74) is 2.43. The Hall–Kier alpha value is -1.66. The third kappa shape index (κ3) is 3.08. The fourth-order valence-corrected chi connectivity index (χ4v) is 2.97. The minimum atomic E-state index is -0.316. The van der Waals surface area contributed by atoms with Crippen LogP contribution in [-0.2, 0) is 0 Å². The van der Waals surface area contributed by atoms with E-state index < -0.39 is 0 Å². The van der Waals surface area contributed by atoms with Crippen molar-refractivity contribution in [2.75, 3.05) is 33.3 Å². The van der Waals surface area contributed by atoms with Crippen LogP contribution in [0.2, 0.25) is 0 Å². The lowest BCUT2D eigenvalue weighted by Gasteiger charge is -2.39. The van der Waals surface area contributed by atoms with E-state index in [-0.39, 0.29) is 29.7 Å². The lowest BCUT2D eigenvalue weighted by atomic mass is 10.0. The number of carbonyl (C=O) groups excluding carboxylic acids is 1. The average molecular weight is 307 g/mol. The fraction of sp³-hybridized carbons (Fsp3) is 0.625. The molecule has 1 aliphatic rings. The predicted molar refractivity (Wildman–Crippen MR) is 85.3 cm³/mol. The molecule has 6 heteroatoms. The highest BCUT2D eigenvalue weighted by Crippen LogP contribution is 2.17. The second kappa shape index (κ2) is 6.62. The predicted octanol–water partition coefficient (Wildman–Crippen LogP) is 0.439. The number of hydrogen-bond acceptors (Lipinski definition) is 4. The molecule has 2 rings (SSSR count). The van der Waals surface area contributed by atoms with Crippen molar-refractivity contribution in [1.82, 2.24) is 14.8 Å². The first kappa shape index (κ1) is 16.7. The molecule has 1 fully saturated rings. The Morgan fingerprint density at radius 2 is 1.95 bits per heavy atom. The molecule has 0 spiro atoms. The van der Waals surface area contributed by atoms with Crippen molar-refractivity contribution in [3.8, 4) is 0 Å². The van der Waals surface area contributed by atoms with E-state index in [1.165, 1.54) is 0 Å². The van der Waals surface area contributed by atoms with Crippen LogP contribution < -0.4 is 5.56 Å². The molecule has 1 amide bonds. The minimum Gasteiger partial charge on any atom is -0.396 e. The third-order valence-corrected chi connectivity index (χ3v) is 4.77. The number of piperazine rings is 1. The molecule has 1 aliphatic heterocycles. The quantitative estimate of drug-likeness (QED) is 0.849. The zero-order chi connectivity index (χ0) is 16.4. The number of aliphatic hydroxyl groups is 1. The smallest absolute Gasteiger partial charge is 0.261 e. The normalized spacial score (nSPS) is 19.5. The molecule has 2 heterocycles. The molecule has 2 N–H and O–H groups in total. The van der Waals surface area contributed by atoms with Crippen LogP contribution in [0.1, 0.15) is 33.6 Å². The van der Waals surface area contributed by atoms with E-state index in [4.69, 9.17) is 5.11 Å². The SMILES string of the molecule is Cc1[nH]c(=O)c(C(=O)N2CCN(C)[C@@H](CCO)C2)c(C)c1C. The van der Waals surface area contributed by atoms with Gasteiger partial charge >= 0.3 is 0 Å². The first-order chi connectivity index (χ1) is 10.4. The fourth-order valence-electron chi connectivity index (χ4n) is 2.97. The number of likely N-dealkylation sites (N-methyl/N-ethyl adjacent to an activating group) is 1. The highest BCUT2D eigenvalue weighted by Gasteiger charge is 2.29. The molecule has 1 aromatic rings. The van der Waals surface area contributed by atoms with Gasteiger partial charge in [0.25, 0.3) is 11.5 Å². The molecule has 122 valence electrons. The molecule has 0 aliphatic carbocycles. The number of hydrogen-bond donors (Lipinski definition) is 2. The number of aliphatic hydroxyl groups excluding tert-OH is 1. The van der Waals surface area contributed by atoms with E-state index in [1.807, 2.05) is 27.8 Å². The van der Waals surface area contributed by atoms with Crippen LogP contribution in [-0.4, -0.2) is 65.1 Å². The molecule has 1 saturated heterocycles. The van der Waals surface area contributed by atoms with Gasteiger partial charge in [0.2, 0.25) is 0 Å². The Bertz CT molecular complexity index is 624. The number of rotatable bonds is 3. The van der Waals surface area contributed by atoms with Crippen LogP contribution in [0.25, 0.3) is 0 Å². The molecule has 0 bridgehead atoms. The maximum atomic E-state index is 12.8. The number of pyridine rings is 1. The molecule has 6 nitrogen and oxygen atoms in total. The second-order valence-electron chi connectivity index (χ2n) is 6.10. The van der Waals surface area contributed by atoms with Gasteiger partial charge in [-0.1, -0.05) is 0 Å². The monoisotopic (exact) mass is 307 g/mol. The van der Waals surface area contributed by atoms with Gasteiger partial charge in [-0.3, -0.25) is 14.5 Å². The maximum Gasteiger partial charge on any atom is 0.261 e. The van der Waals surface area contributed by atoms with Crippen molar-refractivity contribution in [1.29, 1.82) is 0 Å². The maximum absolute atomic E-state index is 12.8. The van der Waals surface area contributed by atoms with Gasteiger partial charge in [-0.25, -0.2) is 0 Å². The van der Waals surface area contributed by atoms with Crippen molar-refractivity contribution >= 4 is 5.91 Å². The standard InChI is InChI=1S/C16H25N3O3/c1-10-11(2)14(15(21)17-12(10)3)16(22)19-7-6-18(4)13(9-19)5-8-20/h13,20H,5-9H2,1-4H3,(H,17,21)/t13-/m0/s1. The number of aromatic amines is 1. The van der Waals surface area contributed by atoms with Crippen molar-refractivity contribution in [3.05, 3.63) is 32.7 Å². The van der Waals surface area contributed by atoms with E-state index >= 15 is 0 Å². The van der Waals surface area contributed by atoms with E-state index in [2.05, 4.69) is 9.88 Å². The molecular weight excluding hydrogens is 282 g/mol. The third-order valence-electron chi connectivity index (χ3n) is 4.77. The number of carbonyl (C=O) groups is 1. The molecule has 1 atom stereocenters. The summed E-state index contributed by atoms with van der Waals surface area (Å²) >= 11 is 0.